The summed E-state index contributed by atoms with van der Waals surface area (Å²) < 4.78 is 25.8. The second-order valence-electron chi connectivity index (χ2n) is 4.05. The first kappa shape index (κ1) is 14.6. The molecule has 2 aromatic rings. The van der Waals surface area contributed by atoms with Crippen molar-refractivity contribution in [2.24, 2.45) is 0 Å². The predicted octanol–water partition coefficient (Wildman–Crippen LogP) is 1.66. The summed E-state index contributed by atoms with van der Waals surface area (Å²) in [7, 11) is -2.24. The molecule has 0 saturated carbocycles. The average Bonchev–Trinajstić information content (AvgIpc) is 2.90. The van der Waals surface area contributed by atoms with Crippen LogP contribution in [-0.4, -0.2) is 35.8 Å². The van der Waals surface area contributed by atoms with Gasteiger partial charge in [-0.1, -0.05) is 6.07 Å². The molecule has 0 saturated heterocycles. The van der Waals surface area contributed by atoms with Crippen molar-refractivity contribution in [2.75, 3.05) is 7.05 Å². The summed E-state index contributed by atoms with van der Waals surface area (Å²) in [6.45, 7) is 0.177. The van der Waals surface area contributed by atoms with Gasteiger partial charge in [-0.15, -0.1) is 11.3 Å². The maximum Gasteiger partial charge on any atom is 0.345 e. The molecule has 0 fully saturated rings. The fourth-order valence-electron chi connectivity index (χ4n) is 1.56. The summed E-state index contributed by atoms with van der Waals surface area (Å²) in [5.74, 6) is -1.13. The van der Waals surface area contributed by atoms with Gasteiger partial charge in [0.15, 0.2) is 0 Å². The lowest BCUT2D eigenvalue weighted by Gasteiger charge is -2.15. The molecule has 0 aromatic carbocycles. The first-order chi connectivity index (χ1) is 9.41. The second kappa shape index (κ2) is 5.70. The Morgan fingerprint density at radius 1 is 1.40 bits per heavy atom. The number of carboxylic acids is 1. The quantitative estimate of drug-likeness (QED) is 0.907. The summed E-state index contributed by atoms with van der Waals surface area (Å²) in [6, 6.07) is 6.10. The van der Waals surface area contributed by atoms with Crippen LogP contribution in [0.4, 0.5) is 0 Å². The van der Waals surface area contributed by atoms with Gasteiger partial charge in [0.25, 0.3) is 10.0 Å². The number of carboxylic acid groups (broad SMARTS) is 1. The SMILES string of the molecule is CN(Cc1cccnc1)S(=O)(=O)c1ccc(C(=O)O)s1. The predicted molar refractivity (Wildman–Crippen MR) is 74.2 cm³/mol. The van der Waals surface area contributed by atoms with E-state index in [0.717, 1.165) is 16.9 Å². The molecule has 0 amide bonds. The van der Waals surface area contributed by atoms with E-state index < -0.39 is 16.0 Å². The summed E-state index contributed by atoms with van der Waals surface area (Å²) >= 11 is 0.742. The third-order valence-electron chi connectivity index (χ3n) is 2.58. The molecule has 2 rings (SSSR count). The number of aromatic carboxylic acids is 1. The van der Waals surface area contributed by atoms with Gasteiger partial charge in [0.05, 0.1) is 0 Å². The molecule has 6 nitrogen and oxygen atoms in total. The number of rotatable bonds is 5. The first-order valence-electron chi connectivity index (χ1n) is 5.59. The van der Waals surface area contributed by atoms with E-state index in [0.29, 0.717) is 0 Å². The Bertz CT molecular complexity index is 710. The maximum atomic E-state index is 12.3. The molecule has 20 heavy (non-hydrogen) atoms. The van der Waals surface area contributed by atoms with E-state index >= 15 is 0 Å². The van der Waals surface area contributed by atoms with E-state index in [1.807, 2.05) is 0 Å². The van der Waals surface area contributed by atoms with Gasteiger partial charge < -0.3 is 5.11 Å². The van der Waals surface area contributed by atoms with Crippen molar-refractivity contribution in [3.63, 3.8) is 0 Å². The van der Waals surface area contributed by atoms with Crippen LogP contribution in [0.3, 0.4) is 0 Å². The fourth-order valence-corrected chi connectivity index (χ4v) is 4.08. The van der Waals surface area contributed by atoms with E-state index in [1.54, 1.807) is 24.5 Å². The number of aromatic nitrogens is 1. The zero-order valence-corrected chi connectivity index (χ0v) is 12.2. The van der Waals surface area contributed by atoms with Crippen molar-refractivity contribution >= 4 is 27.3 Å². The number of nitrogens with zero attached hydrogens (tertiary/aromatic N) is 2. The summed E-state index contributed by atoms with van der Waals surface area (Å²) in [5, 5.41) is 8.83. The van der Waals surface area contributed by atoms with Crippen molar-refractivity contribution in [2.45, 2.75) is 10.8 Å². The molecule has 106 valence electrons. The Kier molecular flexibility index (Phi) is 4.17. The van der Waals surface area contributed by atoms with Gasteiger partial charge in [0, 0.05) is 26.0 Å². The van der Waals surface area contributed by atoms with Gasteiger partial charge in [-0.05, 0) is 23.8 Å². The van der Waals surface area contributed by atoms with Crippen LogP contribution < -0.4 is 0 Å². The summed E-state index contributed by atoms with van der Waals surface area (Å²) in [4.78, 5) is 14.7. The summed E-state index contributed by atoms with van der Waals surface area (Å²) in [5.41, 5.74) is 0.758. The molecular formula is C12H12N2O4S2. The fraction of sp³-hybridized carbons (Fsp3) is 0.167. The Balaban J connectivity index is 2.23. The van der Waals surface area contributed by atoms with E-state index in [-0.39, 0.29) is 15.6 Å². The van der Waals surface area contributed by atoms with Crippen LogP contribution in [0.25, 0.3) is 0 Å². The molecule has 2 aromatic heterocycles. The van der Waals surface area contributed by atoms with Crippen LogP contribution in [0.1, 0.15) is 15.2 Å². The number of pyridine rings is 1. The van der Waals surface area contributed by atoms with Crippen LogP contribution in [0.15, 0.2) is 40.9 Å². The average molecular weight is 312 g/mol. The van der Waals surface area contributed by atoms with Crippen LogP contribution >= 0.6 is 11.3 Å². The van der Waals surface area contributed by atoms with Gasteiger partial charge in [0.2, 0.25) is 0 Å². The lowest BCUT2D eigenvalue weighted by molar-refractivity contribution is 0.0702. The lowest BCUT2D eigenvalue weighted by Crippen LogP contribution is -2.25. The first-order valence-corrected chi connectivity index (χ1v) is 7.85. The minimum Gasteiger partial charge on any atom is -0.477 e. The Hall–Kier alpha value is -1.77. The van der Waals surface area contributed by atoms with Crippen molar-refractivity contribution in [1.29, 1.82) is 0 Å². The molecule has 0 bridgehead atoms. The standard InChI is InChI=1S/C12H12N2O4S2/c1-14(8-9-3-2-6-13-7-9)20(17,18)11-5-4-10(19-11)12(15)16/h2-7H,8H2,1H3,(H,15,16). The Labute approximate surface area is 120 Å². The monoisotopic (exact) mass is 312 g/mol. The van der Waals surface area contributed by atoms with Crippen LogP contribution in [-0.2, 0) is 16.6 Å². The minimum atomic E-state index is -3.69. The van der Waals surface area contributed by atoms with Gasteiger partial charge in [-0.25, -0.2) is 13.2 Å². The number of hydrogen-bond acceptors (Lipinski definition) is 5. The maximum absolute atomic E-state index is 12.3. The molecule has 0 unspecified atom stereocenters. The van der Waals surface area contributed by atoms with Crippen molar-refractivity contribution < 1.29 is 18.3 Å². The number of sulfonamides is 1. The van der Waals surface area contributed by atoms with Gasteiger partial charge in [-0.2, -0.15) is 4.31 Å². The number of hydrogen-bond donors (Lipinski definition) is 1. The normalized spacial score (nSPS) is 11.7. The lowest BCUT2D eigenvalue weighted by atomic mass is 10.3. The van der Waals surface area contributed by atoms with E-state index in [2.05, 4.69) is 4.98 Å². The highest BCUT2D eigenvalue weighted by Crippen LogP contribution is 2.25. The van der Waals surface area contributed by atoms with Gasteiger partial charge >= 0.3 is 5.97 Å². The molecule has 0 aliphatic heterocycles. The zero-order chi connectivity index (χ0) is 14.8. The highest BCUT2D eigenvalue weighted by molar-refractivity contribution is 7.91. The third-order valence-corrected chi connectivity index (χ3v) is 5.93. The van der Waals surface area contributed by atoms with Crippen molar-refractivity contribution in [3.8, 4) is 0 Å². The number of carbonyl (C=O) groups is 1. The second-order valence-corrected chi connectivity index (χ2v) is 7.40. The van der Waals surface area contributed by atoms with E-state index in [4.69, 9.17) is 5.11 Å². The molecule has 0 radical (unpaired) electrons. The molecule has 1 N–H and O–H groups in total. The largest absolute Gasteiger partial charge is 0.477 e. The van der Waals surface area contributed by atoms with Crippen molar-refractivity contribution in [1.82, 2.24) is 9.29 Å². The van der Waals surface area contributed by atoms with Crippen molar-refractivity contribution in [3.05, 3.63) is 47.1 Å². The molecule has 2 heterocycles. The van der Waals surface area contributed by atoms with Gasteiger partial charge in [0.1, 0.15) is 9.09 Å². The molecule has 0 spiro atoms. The zero-order valence-electron chi connectivity index (χ0n) is 10.6. The molecule has 0 aliphatic carbocycles. The molecule has 0 atom stereocenters. The Morgan fingerprint density at radius 3 is 2.70 bits per heavy atom. The van der Waals surface area contributed by atoms with E-state index in [1.165, 1.54) is 23.5 Å². The minimum absolute atomic E-state index is 0.00153. The molecule has 0 aliphatic rings. The topological polar surface area (TPSA) is 87.6 Å². The third kappa shape index (κ3) is 3.03. The molecular weight excluding hydrogens is 300 g/mol. The van der Waals surface area contributed by atoms with E-state index in [9.17, 15) is 13.2 Å². The highest BCUT2D eigenvalue weighted by atomic mass is 32.2. The van der Waals surface area contributed by atoms with Crippen LogP contribution in [0, 0.1) is 0 Å². The highest BCUT2D eigenvalue weighted by Gasteiger charge is 2.24. The summed E-state index contributed by atoms with van der Waals surface area (Å²) in [6.07, 6.45) is 3.19. The smallest absolute Gasteiger partial charge is 0.345 e. The number of thiophene rings is 1. The van der Waals surface area contributed by atoms with Crippen LogP contribution in [0.2, 0.25) is 0 Å². The molecule has 8 heteroatoms. The Morgan fingerprint density at radius 2 is 2.15 bits per heavy atom. The van der Waals surface area contributed by atoms with Crippen LogP contribution in [0.5, 0.6) is 0 Å². The van der Waals surface area contributed by atoms with Gasteiger partial charge in [-0.3, -0.25) is 4.98 Å².